The molecule has 0 saturated heterocycles. The molecule has 1 aliphatic heterocycles. The highest BCUT2D eigenvalue weighted by molar-refractivity contribution is 8.00. The first-order valence-electron chi connectivity index (χ1n) is 11.2. The number of anilines is 1. The fraction of sp³-hybridized carbons (Fsp3) is 0.375. The van der Waals surface area contributed by atoms with Crippen LogP contribution < -0.4 is 5.32 Å². The number of rotatable bonds is 7. The summed E-state index contributed by atoms with van der Waals surface area (Å²) >= 11 is 4.52. The highest BCUT2D eigenvalue weighted by Gasteiger charge is 2.33. The van der Waals surface area contributed by atoms with E-state index in [1.165, 1.54) is 40.9 Å². The Kier molecular flexibility index (Phi) is 6.60. The van der Waals surface area contributed by atoms with Gasteiger partial charge in [0.1, 0.15) is 4.83 Å². The van der Waals surface area contributed by atoms with Crippen LogP contribution in [0.3, 0.4) is 0 Å². The van der Waals surface area contributed by atoms with Crippen LogP contribution in [0.1, 0.15) is 48.0 Å². The van der Waals surface area contributed by atoms with Crippen LogP contribution in [0.25, 0.3) is 15.9 Å². The highest BCUT2D eigenvalue weighted by Crippen LogP contribution is 2.42. The Bertz CT molecular complexity index is 1450. The monoisotopic (exact) mass is 527 g/mol. The molecule has 182 valence electrons. The molecular formula is C24H25N5O3S3. The van der Waals surface area contributed by atoms with Gasteiger partial charge >= 0.3 is 0 Å². The lowest BCUT2D eigenvalue weighted by atomic mass is 9.90. The lowest BCUT2D eigenvalue weighted by Crippen LogP contribution is -2.33. The molecule has 3 aromatic heterocycles. The Morgan fingerprint density at radius 1 is 1.23 bits per heavy atom. The summed E-state index contributed by atoms with van der Waals surface area (Å²) in [6.45, 7) is 6.40. The van der Waals surface area contributed by atoms with Crippen LogP contribution in [0.15, 0.2) is 34.6 Å². The van der Waals surface area contributed by atoms with Gasteiger partial charge in [-0.3, -0.25) is 9.59 Å². The van der Waals surface area contributed by atoms with Gasteiger partial charge in [0.25, 0.3) is 0 Å². The molecule has 4 aromatic rings. The second-order valence-electron chi connectivity index (χ2n) is 8.66. The van der Waals surface area contributed by atoms with E-state index in [0.29, 0.717) is 23.0 Å². The van der Waals surface area contributed by atoms with E-state index in [9.17, 15) is 9.59 Å². The first-order chi connectivity index (χ1) is 16.8. The maximum absolute atomic E-state index is 12.6. The van der Waals surface area contributed by atoms with Gasteiger partial charge in [-0.1, -0.05) is 30.4 Å². The number of amides is 1. The highest BCUT2D eigenvalue weighted by atomic mass is 32.2. The number of benzene rings is 1. The first-order valence-corrected chi connectivity index (χ1v) is 14.3. The number of carbonyl (C=O) groups is 2. The Hall–Kier alpha value is -2.47. The third-order valence-electron chi connectivity index (χ3n) is 6.26. The van der Waals surface area contributed by atoms with Gasteiger partial charge in [0.15, 0.2) is 21.7 Å². The van der Waals surface area contributed by atoms with Crippen molar-refractivity contribution in [2.75, 3.05) is 17.3 Å². The molecule has 11 heteroatoms. The van der Waals surface area contributed by atoms with E-state index in [1.54, 1.807) is 35.6 Å². The molecular weight excluding hydrogens is 502 g/mol. The van der Waals surface area contributed by atoms with Crippen LogP contribution in [0.4, 0.5) is 5.69 Å². The van der Waals surface area contributed by atoms with Crippen molar-refractivity contribution < 1.29 is 14.3 Å². The van der Waals surface area contributed by atoms with Gasteiger partial charge in [0.05, 0.1) is 23.3 Å². The summed E-state index contributed by atoms with van der Waals surface area (Å²) in [6.07, 6.45) is 3.72. The third kappa shape index (κ3) is 4.57. The van der Waals surface area contributed by atoms with E-state index in [4.69, 9.17) is 9.72 Å². The van der Waals surface area contributed by atoms with Crippen LogP contribution in [0, 0.1) is 0 Å². The molecule has 5 rings (SSSR count). The molecule has 0 saturated carbocycles. The molecule has 0 fully saturated rings. The summed E-state index contributed by atoms with van der Waals surface area (Å²) in [5, 5.41) is 14.3. The molecule has 0 spiro atoms. The van der Waals surface area contributed by atoms with Crippen molar-refractivity contribution in [3.05, 3.63) is 40.3 Å². The summed E-state index contributed by atoms with van der Waals surface area (Å²) in [4.78, 5) is 31.1. The number of ketones is 1. The van der Waals surface area contributed by atoms with E-state index >= 15 is 0 Å². The first kappa shape index (κ1) is 24.2. The number of aromatic nitrogens is 4. The largest absolute Gasteiger partial charge is 0.369 e. The number of ether oxygens (including phenoxy) is 1. The van der Waals surface area contributed by atoms with Gasteiger partial charge in [-0.2, -0.15) is 0 Å². The van der Waals surface area contributed by atoms with E-state index < -0.39 is 0 Å². The maximum Gasteiger partial charge on any atom is 0.234 e. The SMILES string of the molecule is CC[C@@]1(C)Cc2c(sc3nc(SC)n4c(SCC(=O)Nc5ccc(C(C)=O)cc5)nnc4c23)CO1. The third-order valence-corrected chi connectivity index (χ3v) is 8.93. The minimum Gasteiger partial charge on any atom is -0.369 e. The topological polar surface area (TPSA) is 98.5 Å². The molecule has 1 atom stereocenters. The summed E-state index contributed by atoms with van der Waals surface area (Å²) < 4.78 is 8.10. The van der Waals surface area contributed by atoms with Gasteiger partial charge in [-0.15, -0.1) is 21.5 Å². The Morgan fingerprint density at radius 2 is 2.00 bits per heavy atom. The van der Waals surface area contributed by atoms with E-state index in [1.807, 2.05) is 10.7 Å². The maximum atomic E-state index is 12.6. The minimum atomic E-state index is -0.200. The van der Waals surface area contributed by atoms with Gasteiger partial charge in [-0.05, 0) is 56.4 Å². The average molecular weight is 528 g/mol. The number of fused-ring (bicyclic) bond motifs is 5. The van der Waals surface area contributed by atoms with Gasteiger partial charge in [-0.25, -0.2) is 9.38 Å². The number of thiophene rings is 1. The molecule has 0 radical (unpaired) electrons. The quantitative estimate of drug-likeness (QED) is 0.198. The number of hydrogen-bond acceptors (Lipinski definition) is 9. The zero-order chi connectivity index (χ0) is 24.7. The predicted octanol–water partition coefficient (Wildman–Crippen LogP) is 5.24. The Morgan fingerprint density at radius 3 is 2.69 bits per heavy atom. The molecule has 0 unspecified atom stereocenters. The van der Waals surface area contributed by atoms with Crippen molar-refractivity contribution in [2.45, 2.75) is 56.1 Å². The fourth-order valence-corrected chi connectivity index (χ4v) is 6.57. The predicted molar refractivity (Wildman–Crippen MR) is 141 cm³/mol. The van der Waals surface area contributed by atoms with Gasteiger partial charge in [0, 0.05) is 22.5 Å². The average Bonchev–Trinajstić information content (AvgIpc) is 3.43. The molecule has 4 heterocycles. The number of hydrogen-bond donors (Lipinski definition) is 1. The zero-order valence-corrected chi connectivity index (χ0v) is 22.3. The summed E-state index contributed by atoms with van der Waals surface area (Å²) in [5.41, 5.74) is 3.08. The molecule has 1 aromatic carbocycles. The normalized spacial score (nSPS) is 17.6. The van der Waals surface area contributed by atoms with Crippen LogP contribution in [-0.2, 0) is 22.6 Å². The second kappa shape index (κ2) is 9.53. The molecule has 0 aliphatic carbocycles. The van der Waals surface area contributed by atoms with Crippen molar-refractivity contribution in [2.24, 2.45) is 0 Å². The zero-order valence-electron chi connectivity index (χ0n) is 19.9. The van der Waals surface area contributed by atoms with Crippen molar-refractivity contribution in [1.82, 2.24) is 19.6 Å². The minimum absolute atomic E-state index is 0.0110. The molecule has 1 N–H and O–H groups in total. The van der Waals surface area contributed by atoms with Crippen LogP contribution in [0.2, 0.25) is 0 Å². The Balaban J connectivity index is 1.42. The van der Waals surface area contributed by atoms with E-state index in [-0.39, 0.29) is 23.0 Å². The molecule has 8 nitrogen and oxygen atoms in total. The number of nitrogens with one attached hydrogen (secondary N) is 1. The number of nitrogens with zero attached hydrogens (tertiary/aromatic N) is 4. The van der Waals surface area contributed by atoms with E-state index in [2.05, 4.69) is 29.4 Å². The Labute approximate surface area is 215 Å². The summed E-state index contributed by atoms with van der Waals surface area (Å²) in [6, 6.07) is 6.86. The second-order valence-corrected chi connectivity index (χ2v) is 11.5. The lowest BCUT2D eigenvalue weighted by molar-refractivity contribution is -0.113. The standard InChI is InChI=1S/C24H25N5O3S3/c1-5-24(3)10-16-17(11-32-24)35-21-19(16)20-27-28-23(29(20)22(26-21)33-4)34-12-18(31)25-15-8-6-14(7-9-15)13(2)30/h6-9H,5,10-12H2,1-4H3,(H,25,31)/t24-/m0/s1. The number of Topliss-reactive ketones (excluding diaryl/α,β-unsaturated/α-hetero) is 1. The van der Waals surface area contributed by atoms with Crippen LogP contribution in [0.5, 0.6) is 0 Å². The van der Waals surface area contributed by atoms with E-state index in [0.717, 1.165) is 33.9 Å². The fourth-order valence-electron chi connectivity index (χ4n) is 4.09. The van der Waals surface area contributed by atoms with Crippen LogP contribution >= 0.6 is 34.9 Å². The van der Waals surface area contributed by atoms with Crippen molar-refractivity contribution >= 4 is 68.1 Å². The lowest BCUT2D eigenvalue weighted by Gasteiger charge is -2.32. The van der Waals surface area contributed by atoms with Crippen molar-refractivity contribution in [1.29, 1.82) is 0 Å². The molecule has 0 bridgehead atoms. The van der Waals surface area contributed by atoms with Crippen LogP contribution in [-0.4, -0.2) is 48.9 Å². The van der Waals surface area contributed by atoms with Crippen molar-refractivity contribution in [3.8, 4) is 0 Å². The van der Waals surface area contributed by atoms with Crippen molar-refractivity contribution in [3.63, 3.8) is 0 Å². The molecule has 35 heavy (non-hydrogen) atoms. The smallest absolute Gasteiger partial charge is 0.234 e. The summed E-state index contributed by atoms with van der Waals surface area (Å²) in [5.74, 6) is -0.000986. The molecule has 1 aliphatic rings. The van der Waals surface area contributed by atoms with Gasteiger partial charge < -0.3 is 10.1 Å². The summed E-state index contributed by atoms with van der Waals surface area (Å²) in [7, 11) is 0. The number of thioether (sulfide) groups is 2. The van der Waals surface area contributed by atoms with Gasteiger partial charge in [0.2, 0.25) is 5.91 Å². The molecule has 1 amide bonds. The number of carbonyl (C=O) groups excluding carboxylic acids is 2.